The first-order valence-electron chi connectivity index (χ1n) is 5.98. The van der Waals surface area contributed by atoms with Crippen LogP contribution in [0.25, 0.3) is 0 Å². The van der Waals surface area contributed by atoms with Crippen LogP contribution in [0.2, 0.25) is 0 Å². The Balaban J connectivity index is 2.69. The summed E-state index contributed by atoms with van der Waals surface area (Å²) in [5, 5.41) is 14.7. The molecular formula is C13H19N3O3. The van der Waals surface area contributed by atoms with Crippen LogP contribution >= 0.6 is 0 Å². The fourth-order valence-electron chi connectivity index (χ4n) is 1.54. The highest BCUT2D eigenvalue weighted by molar-refractivity contribution is 6.01. The molecule has 0 spiro atoms. The van der Waals surface area contributed by atoms with Gasteiger partial charge in [-0.15, -0.1) is 0 Å². The monoisotopic (exact) mass is 265 g/mol. The quantitative estimate of drug-likeness (QED) is 0.471. The molecule has 6 nitrogen and oxygen atoms in total. The lowest BCUT2D eigenvalue weighted by molar-refractivity contribution is -0.120. The molecule has 5 N–H and O–H groups in total. The number of nitrogens with one attached hydrogen (secondary N) is 2. The zero-order valence-electron chi connectivity index (χ0n) is 11.3. The Bertz CT molecular complexity index is 498. The van der Waals surface area contributed by atoms with E-state index in [4.69, 9.17) is 5.73 Å². The molecule has 1 aromatic rings. The second kappa shape index (κ2) is 6.08. The maximum atomic E-state index is 11.8. The van der Waals surface area contributed by atoms with Crippen molar-refractivity contribution in [1.29, 1.82) is 0 Å². The average Bonchev–Trinajstić information content (AvgIpc) is 2.30. The Hall–Kier alpha value is -2.24. The van der Waals surface area contributed by atoms with E-state index < -0.39 is 5.91 Å². The molecular weight excluding hydrogens is 246 g/mol. The van der Waals surface area contributed by atoms with Crippen molar-refractivity contribution in [1.82, 2.24) is 10.6 Å². The molecule has 0 saturated heterocycles. The number of hydrogen-bond acceptors (Lipinski definition) is 4. The molecule has 0 atom stereocenters. The van der Waals surface area contributed by atoms with Crippen LogP contribution in [-0.4, -0.2) is 29.5 Å². The SMILES string of the molecule is Cc1cc(N)c(C(=O)NCC(=O)NC(C)C)cc1O. The number of nitrogens with two attached hydrogens (primary N) is 1. The van der Waals surface area contributed by atoms with E-state index in [-0.39, 0.29) is 35.5 Å². The molecule has 6 heteroatoms. The number of benzene rings is 1. The Morgan fingerprint density at radius 1 is 1.37 bits per heavy atom. The van der Waals surface area contributed by atoms with Gasteiger partial charge in [-0.1, -0.05) is 0 Å². The maximum absolute atomic E-state index is 11.8. The summed E-state index contributed by atoms with van der Waals surface area (Å²) in [5.41, 5.74) is 6.71. The molecule has 0 aliphatic heterocycles. The standard InChI is InChI=1S/C13H19N3O3/c1-7(2)16-12(18)6-15-13(19)9-5-11(17)8(3)4-10(9)14/h4-5,7,17H,6,14H2,1-3H3,(H,15,19)(H,16,18). The number of nitrogen functional groups attached to an aromatic ring is 1. The van der Waals surface area contributed by atoms with Gasteiger partial charge in [0.05, 0.1) is 12.1 Å². The van der Waals surface area contributed by atoms with Gasteiger partial charge in [0.15, 0.2) is 0 Å². The lowest BCUT2D eigenvalue weighted by Crippen LogP contribution is -2.39. The van der Waals surface area contributed by atoms with E-state index in [1.165, 1.54) is 12.1 Å². The van der Waals surface area contributed by atoms with Crippen LogP contribution in [0.3, 0.4) is 0 Å². The molecule has 0 saturated carbocycles. The van der Waals surface area contributed by atoms with E-state index in [1.54, 1.807) is 6.92 Å². The van der Waals surface area contributed by atoms with Crippen molar-refractivity contribution in [2.24, 2.45) is 0 Å². The molecule has 0 aliphatic carbocycles. The molecule has 19 heavy (non-hydrogen) atoms. The highest BCUT2D eigenvalue weighted by atomic mass is 16.3. The summed E-state index contributed by atoms with van der Waals surface area (Å²) in [7, 11) is 0. The molecule has 0 heterocycles. The van der Waals surface area contributed by atoms with Crippen molar-refractivity contribution >= 4 is 17.5 Å². The molecule has 0 unspecified atom stereocenters. The number of amides is 2. The van der Waals surface area contributed by atoms with Gasteiger partial charge in [0, 0.05) is 11.7 Å². The van der Waals surface area contributed by atoms with E-state index in [9.17, 15) is 14.7 Å². The van der Waals surface area contributed by atoms with Gasteiger partial charge in [-0.3, -0.25) is 9.59 Å². The molecule has 104 valence electrons. The van der Waals surface area contributed by atoms with Crippen molar-refractivity contribution in [3.63, 3.8) is 0 Å². The average molecular weight is 265 g/mol. The van der Waals surface area contributed by atoms with Crippen molar-refractivity contribution in [3.8, 4) is 5.75 Å². The van der Waals surface area contributed by atoms with Gasteiger partial charge in [0.25, 0.3) is 5.91 Å². The van der Waals surface area contributed by atoms with E-state index in [1.807, 2.05) is 13.8 Å². The number of aromatic hydroxyl groups is 1. The fraction of sp³-hybridized carbons (Fsp3) is 0.385. The van der Waals surface area contributed by atoms with E-state index in [2.05, 4.69) is 10.6 Å². The van der Waals surface area contributed by atoms with Crippen LogP contribution in [0.15, 0.2) is 12.1 Å². The normalized spacial score (nSPS) is 10.3. The number of rotatable bonds is 4. The molecule has 1 rings (SSSR count). The molecule has 0 aliphatic rings. The van der Waals surface area contributed by atoms with Crippen LogP contribution in [0, 0.1) is 6.92 Å². The third-order valence-electron chi connectivity index (χ3n) is 2.47. The van der Waals surface area contributed by atoms with Crippen molar-refractivity contribution in [3.05, 3.63) is 23.3 Å². The largest absolute Gasteiger partial charge is 0.508 e. The summed E-state index contributed by atoms with van der Waals surface area (Å²) < 4.78 is 0. The highest BCUT2D eigenvalue weighted by Crippen LogP contribution is 2.23. The number of aryl methyl sites for hydroxylation is 1. The number of anilines is 1. The zero-order valence-corrected chi connectivity index (χ0v) is 11.3. The minimum atomic E-state index is -0.494. The Morgan fingerprint density at radius 2 is 2.00 bits per heavy atom. The zero-order chi connectivity index (χ0) is 14.6. The fourth-order valence-corrected chi connectivity index (χ4v) is 1.54. The third-order valence-corrected chi connectivity index (χ3v) is 2.47. The van der Waals surface area contributed by atoms with Crippen LogP contribution in [-0.2, 0) is 4.79 Å². The molecule has 0 bridgehead atoms. The van der Waals surface area contributed by atoms with Crippen molar-refractivity contribution < 1.29 is 14.7 Å². The van der Waals surface area contributed by atoms with Gasteiger partial charge in [-0.2, -0.15) is 0 Å². The minimum Gasteiger partial charge on any atom is -0.508 e. The summed E-state index contributed by atoms with van der Waals surface area (Å²) in [6.45, 7) is 5.21. The number of phenols is 1. The van der Waals surface area contributed by atoms with Gasteiger partial charge in [-0.05, 0) is 38.5 Å². The second-order valence-corrected chi connectivity index (χ2v) is 4.63. The summed E-state index contributed by atoms with van der Waals surface area (Å²) in [5.74, 6) is -0.782. The number of carbonyl (C=O) groups excluding carboxylic acids is 2. The van der Waals surface area contributed by atoms with Gasteiger partial charge in [0.1, 0.15) is 5.75 Å². The summed E-state index contributed by atoms with van der Waals surface area (Å²) in [6, 6.07) is 2.82. The van der Waals surface area contributed by atoms with Crippen LogP contribution in [0.5, 0.6) is 5.75 Å². The van der Waals surface area contributed by atoms with Gasteiger partial charge < -0.3 is 21.5 Å². The Labute approximate surface area is 112 Å². The molecule has 2 amide bonds. The lowest BCUT2D eigenvalue weighted by atomic mass is 10.1. The Morgan fingerprint density at radius 3 is 2.58 bits per heavy atom. The topological polar surface area (TPSA) is 104 Å². The summed E-state index contributed by atoms with van der Waals surface area (Å²) >= 11 is 0. The maximum Gasteiger partial charge on any atom is 0.253 e. The lowest BCUT2D eigenvalue weighted by Gasteiger charge is -2.11. The summed E-state index contributed by atoms with van der Waals surface area (Å²) in [6.07, 6.45) is 0. The first kappa shape index (κ1) is 14.8. The van der Waals surface area contributed by atoms with Crippen LogP contribution < -0.4 is 16.4 Å². The minimum absolute atomic E-state index is 0.00835. The van der Waals surface area contributed by atoms with E-state index >= 15 is 0 Å². The second-order valence-electron chi connectivity index (χ2n) is 4.63. The first-order chi connectivity index (χ1) is 8.81. The van der Waals surface area contributed by atoms with E-state index in [0.29, 0.717) is 5.56 Å². The van der Waals surface area contributed by atoms with Gasteiger partial charge in [0.2, 0.25) is 5.91 Å². The smallest absolute Gasteiger partial charge is 0.253 e. The molecule has 0 radical (unpaired) electrons. The highest BCUT2D eigenvalue weighted by Gasteiger charge is 2.13. The van der Waals surface area contributed by atoms with Crippen LogP contribution in [0.1, 0.15) is 29.8 Å². The van der Waals surface area contributed by atoms with Gasteiger partial charge >= 0.3 is 0 Å². The third kappa shape index (κ3) is 4.17. The Kier molecular flexibility index (Phi) is 4.74. The molecule has 0 fully saturated rings. The predicted octanol–water partition coefficient (Wildman–Crippen LogP) is 0.537. The van der Waals surface area contributed by atoms with E-state index in [0.717, 1.165) is 0 Å². The summed E-state index contributed by atoms with van der Waals surface area (Å²) in [4.78, 5) is 23.2. The van der Waals surface area contributed by atoms with Crippen molar-refractivity contribution in [2.75, 3.05) is 12.3 Å². The first-order valence-corrected chi connectivity index (χ1v) is 5.98. The number of phenolic OH excluding ortho intramolecular Hbond substituents is 1. The predicted molar refractivity (Wildman–Crippen MR) is 72.9 cm³/mol. The molecule has 0 aromatic heterocycles. The molecule has 1 aromatic carbocycles. The van der Waals surface area contributed by atoms with Gasteiger partial charge in [-0.25, -0.2) is 0 Å². The number of hydrogen-bond donors (Lipinski definition) is 4. The van der Waals surface area contributed by atoms with Crippen LogP contribution in [0.4, 0.5) is 5.69 Å². The van der Waals surface area contributed by atoms with Crippen molar-refractivity contribution in [2.45, 2.75) is 26.8 Å². The number of carbonyl (C=O) groups is 2.